The van der Waals surface area contributed by atoms with Gasteiger partial charge in [0.05, 0.1) is 5.39 Å². The van der Waals surface area contributed by atoms with E-state index in [1.807, 2.05) is 0 Å². The van der Waals surface area contributed by atoms with Crippen molar-refractivity contribution in [2.75, 3.05) is 7.05 Å². The van der Waals surface area contributed by atoms with Gasteiger partial charge >= 0.3 is 0 Å². The predicted octanol–water partition coefficient (Wildman–Crippen LogP) is 1.36. The molecule has 7 heteroatoms. The lowest BCUT2D eigenvalue weighted by molar-refractivity contribution is -0.121. The first-order valence-electron chi connectivity index (χ1n) is 6.09. The number of hydrogen-bond donors (Lipinski definition) is 2. The number of thiophene rings is 1. The minimum absolute atomic E-state index is 0.0365. The highest BCUT2D eigenvalue weighted by Crippen LogP contribution is 2.34. The Morgan fingerprint density at radius 2 is 2.32 bits per heavy atom. The van der Waals surface area contributed by atoms with Crippen LogP contribution in [0.15, 0.2) is 4.79 Å². The number of rotatable bonds is 2. The number of aryl methyl sites for hydroxylation is 2. The van der Waals surface area contributed by atoms with E-state index in [1.54, 1.807) is 18.4 Å². The van der Waals surface area contributed by atoms with Crippen molar-refractivity contribution in [1.82, 2.24) is 14.9 Å². The van der Waals surface area contributed by atoms with Crippen LogP contribution in [0.2, 0.25) is 0 Å². The number of likely N-dealkylation sites (N-methyl/N-ethyl adjacent to an activating group) is 1. The number of carbonyl (C=O) groups is 1. The second kappa shape index (κ2) is 4.57. The highest BCUT2D eigenvalue weighted by Gasteiger charge is 2.21. The van der Waals surface area contributed by atoms with Crippen molar-refractivity contribution >= 4 is 39.7 Å². The Labute approximate surface area is 118 Å². The number of carbonyl (C=O) groups excluding carboxylic acids is 1. The van der Waals surface area contributed by atoms with E-state index in [4.69, 9.17) is 12.2 Å². The van der Waals surface area contributed by atoms with Gasteiger partial charge in [0.1, 0.15) is 11.4 Å². The maximum absolute atomic E-state index is 12.5. The molecule has 1 amide bonds. The summed E-state index contributed by atoms with van der Waals surface area (Å²) in [6, 6.07) is 0. The van der Waals surface area contributed by atoms with Crippen LogP contribution in [0.1, 0.15) is 16.9 Å². The van der Waals surface area contributed by atoms with Crippen LogP contribution in [-0.2, 0) is 24.2 Å². The predicted molar refractivity (Wildman–Crippen MR) is 77.4 cm³/mol. The van der Waals surface area contributed by atoms with Gasteiger partial charge in [0.2, 0.25) is 5.91 Å². The van der Waals surface area contributed by atoms with E-state index in [0.29, 0.717) is 4.77 Å². The highest BCUT2D eigenvalue weighted by atomic mass is 32.1. The molecule has 3 rings (SSSR count). The molecule has 0 aromatic carbocycles. The van der Waals surface area contributed by atoms with Crippen molar-refractivity contribution in [1.29, 1.82) is 0 Å². The van der Waals surface area contributed by atoms with Crippen LogP contribution in [0.25, 0.3) is 10.2 Å². The summed E-state index contributed by atoms with van der Waals surface area (Å²) in [7, 11) is 1.54. The molecular weight excluding hydrogens is 282 g/mol. The van der Waals surface area contributed by atoms with E-state index < -0.39 is 0 Å². The number of fused-ring (bicyclic) bond motifs is 3. The van der Waals surface area contributed by atoms with Crippen LogP contribution in [-0.4, -0.2) is 22.5 Å². The Hall–Kier alpha value is -1.47. The molecule has 0 bridgehead atoms. The second-order valence-electron chi connectivity index (χ2n) is 4.56. The van der Waals surface area contributed by atoms with Gasteiger partial charge < -0.3 is 10.3 Å². The number of nitrogens with zero attached hydrogens (tertiary/aromatic N) is 1. The van der Waals surface area contributed by atoms with E-state index in [1.165, 1.54) is 9.44 Å². The van der Waals surface area contributed by atoms with Crippen molar-refractivity contribution in [3.05, 3.63) is 25.6 Å². The van der Waals surface area contributed by atoms with Gasteiger partial charge in [-0.1, -0.05) is 0 Å². The van der Waals surface area contributed by atoms with Crippen LogP contribution < -0.4 is 10.9 Å². The zero-order valence-electron chi connectivity index (χ0n) is 10.4. The molecule has 0 saturated carbocycles. The smallest absolute Gasteiger partial charge is 0.263 e. The zero-order valence-corrected chi connectivity index (χ0v) is 12.0. The Kier molecular flexibility index (Phi) is 3.02. The molecule has 0 spiro atoms. The first kappa shape index (κ1) is 12.6. The Bertz CT molecular complexity index is 785. The molecule has 1 aliphatic carbocycles. The molecule has 1 aliphatic rings. The summed E-state index contributed by atoms with van der Waals surface area (Å²) in [5.41, 5.74) is 0.989. The molecule has 2 heterocycles. The number of hydrogen-bond acceptors (Lipinski definition) is 4. The summed E-state index contributed by atoms with van der Waals surface area (Å²) in [5, 5.41) is 3.22. The largest absolute Gasteiger partial charge is 0.358 e. The molecular formula is C12H13N3O2S2. The molecule has 2 aromatic rings. The standard InChI is InChI=1S/C12H13N3O2S2/c1-13-8(16)5-15-11(17)9-6-3-2-4-7(6)19-10(9)14-12(15)18/h2-5H2,1H3,(H,13,16)(H,14,18). The topological polar surface area (TPSA) is 66.9 Å². The Balaban J connectivity index is 2.26. The van der Waals surface area contributed by atoms with Crippen LogP contribution in [0, 0.1) is 4.77 Å². The summed E-state index contributed by atoms with van der Waals surface area (Å²) in [4.78, 5) is 29.2. The summed E-state index contributed by atoms with van der Waals surface area (Å²) in [5.74, 6) is -0.229. The van der Waals surface area contributed by atoms with Gasteiger partial charge in [-0.3, -0.25) is 14.2 Å². The molecule has 0 atom stereocenters. The maximum atomic E-state index is 12.5. The zero-order chi connectivity index (χ0) is 13.6. The fraction of sp³-hybridized carbons (Fsp3) is 0.417. The van der Waals surface area contributed by atoms with Crippen molar-refractivity contribution in [2.45, 2.75) is 25.8 Å². The van der Waals surface area contributed by atoms with Crippen molar-refractivity contribution in [2.24, 2.45) is 0 Å². The third kappa shape index (κ3) is 1.93. The molecule has 2 N–H and O–H groups in total. The fourth-order valence-corrected chi connectivity index (χ4v) is 4.07. The van der Waals surface area contributed by atoms with Crippen LogP contribution in [0.4, 0.5) is 0 Å². The van der Waals surface area contributed by atoms with Gasteiger partial charge in [0.15, 0.2) is 4.77 Å². The summed E-state index contributed by atoms with van der Waals surface area (Å²) >= 11 is 6.79. The van der Waals surface area contributed by atoms with Crippen LogP contribution >= 0.6 is 23.6 Å². The first-order chi connectivity index (χ1) is 9.11. The third-order valence-corrected chi connectivity index (χ3v) is 4.96. The molecule has 0 radical (unpaired) electrons. The third-order valence-electron chi connectivity index (χ3n) is 3.43. The minimum Gasteiger partial charge on any atom is -0.358 e. The SMILES string of the molecule is CNC(=O)Cn1c(=S)[nH]c2sc3c(c2c1=O)CCC3. The Morgan fingerprint density at radius 3 is 3.05 bits per heavy atom. The van der Waals surface area contributed by atoms with E-state index in [-0.39, 0.29) is 18.0 Å². The molecule has 2 aromatic heterocycles. The quantitative estimate of drug-likeness (QED) is 0.822. The number of nitrogens with one attached hydrogen (secondary N) is 2. The average molecular weight is 295 g/mol. The fourth-order valence-electron chi connectivity index (χ4n) is 2.48. The number of H-pyrrole nitrogens is 1. The van der Waals surface area contributed by atoms with Crippen molar-refractivity contribution < 1.29 is 4.79 Å². The number of aromatic amines is 1. The lowest BCUT2D eigenvalue weighted by atomic mass is 10.2. The van der Waals surface area contributed by atoms with E-state index >= 15 is 0 Å². The lowest BCUT2D eigenvalue weighted by Crippen LogP contribution is -2.31. The van der Waals surface area contributed by atoms with E-state index in [0.717, 1.165) is 35.0 Å². The molecule has 0 fully saturated rings. The van der Waals surface area contributed by atoms with Gasteiger partial charge in [-0.25, -0.2) is 0 Å². The molecule has 100 valence electrons. The van der Waals surface area contributed by atoms with Crippen LogP contribution in [0.3, 0.4) is 0 Å². The minimum atomic E-state index is -0.229. The molecule has 0 unspecified atom stereocenters. The van der Waals surface area contributed by atoms with E-state index in [9.17, 15) is 9.59 Å². The normalized spacial score (nSPS) is 13.7. The van der Waals surface area contributed by atoms with Crippen molar-refractivity contribution in [3.63, 3.8) is 0 Å². The van der Waals surface area contributed by atoms with Gasteiger partial charge in [0, 0.05) is 11.9 Å². The second-order valence-corrected chi connectivity index (χ2v) is 6.05. The summed E-state index contributed by atoms with van der Waals surface area (Å²) in [6.07, 6.45) is 3.07. The maximum Gasteiger partial charge on any atom is 0.263 e. The average Bonchev–Trinajstić information content (AvgIpc) is 2.93. The Morgan fingerprint density at radius 1 is 1.53 bits per heavy atom. The molecule has 19 heavy (non-hydrogen) atoms. The van der Waals surface area contributed by atoms with Gasteiger partial charge in [0.25, 0.3) is 5.56 Å². The molecule has 0 aliphatic heterocycles. The van der Waals surface area contributed by atoms with Gasteiger partial charge in [-0.2, -0.15) is 0 Å². The number of amides is 1. The van der Waals surface area contributed by atoms with Gasteiger partial charge in [-0.15, -0.1) is 11.3 Å². The van der Waals surface area contributed by atoms with Crippen molar-refractivity contribution in [3.8, 4) is 0 Å². The monoisotopic (exact) mass is 295 g/mol. The number of aromatic nitrogens is 2. The van der Waals surface area contributed by atoms with Crippen LogP contribution in [0.5, 0.6) is 0 Å². The lowest BCUT2D eigenvalue weighted by Gasteiger charge is -2.05. The summed E-state index contributed by atoms with van der Waals surface area (Å²) in [6.45, 7) is -0.0365. The van der Waals surface area contributed by atoms with E-state index in [2.05, 4.69) is 10.3 Å². The van der Waals surface area contributed by atoms with Gasteiger partial charge in [-0.05, 0) is 37.0 Å². The molecule has 0 saturated heterocycles. The highest BCUT2D eigenvalue weighted by molar-refractivity contribution is 7.71. The molecule has 5 nitrogen and oxygen atoms in total. The summed E-state index contributed by atoms with van der Waals surface area (Å²) < 4.78 is 1.64. The first-order valence-corrected chi connectivity index (χ1v) is 7.32.